The lowest BCUT2D eigenvalue weighted by atomic mass is 9.85. The minimum atomic E-state index is 0.130. The summed E-state index contributed by atoms with van der Waals surface area (Å²) in [5.41, 5.74) is 0.180. The first kappa shape index (κ1) is 11.5. The molecule has 1 aliphatic rings. The summed E-state index contributed by atoms with van der Waals surface area (Å²) in [6, 6.07) is 0.380. The van der Waals surface area contributed by atoms with E-state index < -0.39 is 0 Å². The van der Waals surface area contributed by atoms with Crippen molar-refractivity contribution in [3.8, 4) is 0 Å². The molecule has 1 rings (SSSR count). The van der Waals surface area contributed by atoms with Crippen LogP contribution in [-0.2, 0) is 9.53 Å². The van der Waals surface area contributed by atoms with Crippen LogP contribution in [0.4, 0.5) is 0 Å². The number of likely N-dealkylation sites (tertiary alicyclic amines) is 1. The summed E-state index contributed by atoms with van der Waals surface area (Å²) in [7, 11) is 1.57. The van der Waals surface area contributed by atoms with Crippen molar-refractivity contribution in [1.82, 2.24) is 4.90 Å². The first-order valence-corrected chi connectivity index (χ1v) is 5.25. The number of nitrogens with zero attached hydrogens (tertiary/aromatic N) is 1. The van der Waals surface area contributed by atoms with Gasteiger partial charge in [0.25, 0.3) is 0 Å². The fraction of sp³-hybridized carbons (Fsp3) is 0.909. The maximum absolute atomic E-state index is 11.7. The summed E-state index contributed by atoms with van der Waals surface area (Å²) in [5, 5.41) is 0. The van der Waals surface area contributed by atoms with Crippen molar-refractivity contribution in [3.05, 3.63) is 0 Å². The molecule has 3 nitrogen and oxygen atoms in total. The van der Waals surface area contributed by atoms with Crippen LogP contribution in [-0.4, -0.2) is 37.1 Å². The Morgan fingerprint density at radius 3 is 2.64 bits per heavy atom. The van der Waals surface area contributed by atoms with Gasteiger partial charge in [-0.15, -0.1) is 0 Å². The zero-order valence-corrected chi connectivity index (χ0v) is 9.67. The molecule has 1 saturated heterocycles. The summed E-state index contributed by atoms with van der Waals surface area (Å²) in [6.07, 6.45) is 2.25. The quantitative estimate of drug-likeness (QED) is 0.677. The zero-order valence-electron chi connectivity index (χ0n) is 9.67. The summed E-state index contributed by atoms with van der Waals surface area (Å²) in [4.78, 5) is 13.7. The summed E-state index contributed by atoms with van der Waals surface area (Å²) >= 11 is 0. The van der Waals surface area contributed by atoms with E-state index in [-0.39, 0.29) is 17.9 Å². The minimum Gasteiger partial charge on any atom is -0.375 e. The van der Waals surface area contributed by atoms with Gasteiger partial charge in [0.1, 0.15) is 6.61 Å². The van der Waals surface area contributed by atoms with Gasteiger partial charge in [0.2, 0.25) is 5.91 Å². The maximum atomic E-state index is 11.7. The largest absolute Gasteiger partial charge is 0.375 e. The molecule has 0 spiro atoms. The maximum Gasteiger partial charge on any atom is 0.248 e. The number of rotatable bonds is 2. The van der Waals surface area contributed by atoms with Gasteiger partial charge >= 0.3 is 0 Å². The monoisotopic (exact) mass is 199 g/mol. The molecule has 0 aromatic rings. The van der Waals surface area contributed by atoms with Crippen molar-refractivity contribution < 1.29 is 9.53 Å². The first-order chi connectivity index (χ1) is 6.46. The van der Waals surface area contributed by atoms with E-state index in [1.54, 1.807) is 7.11 Å². The predicted octanol–water partition coefficient (Wildman–Crippen LogP) is 1.67. The van der Waals surface area contributed by atoms with E-state index in [0.29, 0.717) is 6.04 Å². The molecule has 0 aromatic heterocycles. The second-order valence-electron chi connectivity index (χ2n) is 5.04. The molecule has 0 aromatic carbocycles. The molecule has 0 radical (unpaired) electrons. The van der Waals surface area contributed by atoms with Gasteiger partial charge < -0.3 is 9.64 Å². The van der Waals surface area contributed by atoms with E-state index in [1.165, 1.54) is 0 Å². The third kappa shape index (κ3) is 2.47. The molecule has 0 N–H and O–H groups in total. The number of amides is 1. The fourth-order valence-corrected chi connectivity index (χ4v) is 2.17. The van der Waals surface area contributed by atoms with Gasteiger partial charge in [-0.3, -0.25) is 4.79 Å². The Bertz CT molecular complexity index is 208. The standard InChI is InChI=1S/C11H21NO2/c1-11(2,3)9-6-5-7-12(9)10(13)8-14-4/h9H,5-8H2,1-4H3. The van der Waals surface area contributed by atoms with Crippen LogP contribution in [0, 0.1) is 5.41 Å². The van der Waals surface area contributed by atoms with Crippen molar-refractivity contribution in [3.63, 3.8) is 0 Å². The van der Waals surface area contributed by atoms with Crippen LogP contribution in [0.2, 0.25) is 0 Å². The summed E-state index contributed by atoms with van der Waals surface area (Å²) in [6.45, 7) is 7.68. The van der Waals surface area contributed by atoms with Crippen LogP contribution >= 0.6 is 0 Å². The predicted molar refractivity (Wildman–Crippen MR) is 56.1 cm³/mol. The van der Waals surface area contributed by atoms with E-state index in [2.05, 4.69) is 20.8 Å². The molecule has 1 heterocycles. The summed E-state index contributed by atoms with van der Waals surface area (Å²) in [5.74, 6) is 0.130. The molecule has 1 unspecified atom stereocenters. The third-order valence-corrected chi connectivity index (χ3v) is 2.84. The molecule has 0 saturated carbocycles. The highest BCUT2D eigenvalue weighted by molar-refractivity contribution is 5.78. The van der Waals surface area contributed by atoms with Gasteiger partial charge in [-0.05, 0) is 18.3 Å². The summed E-state index contributed by atoms with van der Waals surface area (Å²) < 4.78 is 4.89. The molecule has 3 heteroatoms. The minimum absolute atomic E-state index is 0.130. The Labute approximate surface area is 86.4 Å². The smallest absolute Gasteiger partial charge is 0.248 e. The van der Waals surface area contributed by atoms with Crippen LogP contribution in [0.25, 0.3) is 0 Å². The van der Waals surface area contributed by atoms with E-state index in [1.807, 2.05) is 4.90 Å². The van der Waals surface area contributed by atoms with Crippen molar-refractivity contribution in [1.29, 1.82) is 0 Å². The highest BCUT2D eigenvalue weighted by Gasteiger charge is 2.36. The third-order valence-electron chi connectivity index (χ3n) is 2.84. The van der Waals surface area contributed by atoms with Crippen LogP contribution < -0.4 is 0 Å². The van der Waals surface area contributed by atoms with Gasteiger partial charge in [0, 0.05) is 19.7 Å². The van der Waals surface area contributed by atoms with Crippen molar-refractivity contribution >= 4 is 5.91 Å². The molecular weight excluding hydrogens is 178 g/mol. The SMILES string of the molecule is COCC(=O)N1CCCC1C(C)(C)C. The molecule has 0 aliphatic carbocycles. The normalized spacial score (nSPS) is 22.9. The number of methoxy groups -OCH3 is 1. The van der Waals surface area contributed by atoms with Crippen molar-refractivity contribution in [2.45, 2.75) is 39.7 Å². The van der Waals surface area contributed by atoms with E-state index in [4.69, 9.17) is 4.74 Å². The lowest BCUT2D eigenvalue weighted by Crippen LogP contribution is -2.44. The molecule has 1 amide bonds. The van der Waals surface area contributed by atoms with E-state index in [0.717, 1.165) is 19.4 Å². The van der Waals surface area contributed by atoms with Crippen molar-refractivity contribution in [2.24, 2.45) is 5.41 Å². The second-order valence-corrected chi connectivity index (χ2v) is 5.04. The Kier molecular flexibility index (Phi) is 3.53. The highest BCUT2D eigenvalue weighted by Crippen LogP contribution is 2.32. The van der Waals surface area contributed by atoms with Gasteiger partial charge in [-0.25, -0.2) is 0 Å². The molecule has 1 aliphatic heterocycles. The fourth-order valence-electron chi connectivity index (χ4n) is 2.17. The molecule has 1 atom stereocenters. The van der Waals surface area contributed by atoms with E-state index >= 15 is 0 Å². The molecular formula is C11H21NO2. The molecule has 82 valence electrons. The van der Waals surface area contributed by atoms with Crippen LogP contribution in [0.1, 0.15) is 33.6 Å². The Morgan fingerprint density at radius 1 is 1.50 bits per heavy atom. The second kappa shape index (κ2) is 4.30. The number of carbonyl (C=O) groups is 1. The Morgan fingerprint density at radius 2 is 2.14 bits per heavy atom. The van der Waals surface area contributed by atoms with E-state index in [9.17, 15) is 4.79 Å². The Hall–Kier alpha value is -0.570. The van der Waals surface area contributed by atoms with Crippen molar-refractivity contribution in [2.75, 3.05) is 20.3 Å². The lowest BCUT2D eigenvalue weighted by molar-refractivity contribution is -0.137. The van der Waals surface area contributed by atoms with Crippen LogP contribution in [0.15, 0.2) is 0 Å². The van der Waals surface area contributed by atoms with Gasteiger partial charge in [-0.2, -0.15) is 0 Å². The molecule has 14 heavy (non-hydrogen) atoms. The number of ether oxygens (including phenoxy) is 1. The average molecular weight is 199 g/mol. The van der Waals surface area contributed by atoms with Crippen LogP contribution in [0.3, 0.4) is 0 Å². The molecule has 1 fully saturated rings. The molecule has 0 bridgehead atoms. The topological polar surface area (TPSA) is 29.5 Å². The number of carbonyl (C=O) groups excluding carboxylic acids is 1. The Balaban J connectivity index is 2.64. The zero-order chi connectivity index (χ0) is 10.8. The van der Waals surface area contributed by atoms with Gasteiger partial charge in [-0.1, -0.05) is 20.8 Å². The van der Waals surface area contributed by atoms with Crippen LogP contribution in [0.5, 0.6) is 0 Å². The van der Waals surface area contributed by atoms with Gasteiger partial charge in [0.15, 0.2) is 0 Å². The average Bonchev–Trinajstić information content (AvgIpc) is 2.50. The van der Waals surface area contributed by atoms with Gasteiger partial charge in [0.05, 0.1) is 0 Å². The number of hydrogen-bond acceptors (Lipinski definition) is 2. The first-order valence-electron chi connectivity index (χ1n) is 5.25. The highest BCUT2D eigenvalue weighted by atomic mass is 16.5. The lowest BCUT2D eigenvalue weighted by Gasteiger charge is -2.34. The number of hydrogen-bond donors (Lipinski definition) is 0.